The Morgan fingerprint density at radius 1 is 1.17 bits per heavy atom. The second kappa shape index (κ2) is 7.17. The molecule has 0 radical (unpaired) electrons. The Labute approximate surface area is 108 Å². The Morgan fingerprint density at radius 2 is 1.78 bits per heavy atom. The number of hydrogen-bond acceptors (Lipinski definition) is 5. The van der Waals surface area contributed by atoms with Crippen LogP contribution in [0.5, 0.6) is 0 Å². The SMILES string of the molecule is CCCNc1cncc(NCCS(=O)(=O)NC)c1. The fourth-order valence-electron chi connectivity index (χ4n) is 1.33. The molecule has 7 heteroatoms. The van der Waals surface area contributed by atoms with Crippen LogP contribution in [0.25, 0.3) is 0 Å². The van der Waals surface area contributed by atoms with E-state index in [0.29, 0.717) is 6.54 Å². The summed E-state index contributed by atoms with van der Waals surface area (Å²) in [7, 11) is -1.75. The maximum Gasteiger partial charge on any atom is 0.213 e. The van der Waals surface area contributed by atoms with E-state index in [2.05, 4.69) is 27.3 Å². The molecule has 1 aromatic rings. The smallest absolute Gasteiger partial charge is 0.213 e. The summed E-state index contributed by atoms with van der Waals surface area (Å²) >= 11 is 0. The molecule has 6 nitrogen and oxygen atoms in total. The summed E-state index contributed by atoms with van der Waals surface area (Å²) in [6.45, 7) is 3.33. The van der Waals surface area contributed by atoms with E-state index in [4.69, 9.17) is 0 Å². The molecule has 0 spiro atoms. The van der Waals surface area contributed by atoms with Crippen LogP contribution in [-0.2, 0) is 10.0 Å². The van der Waals surface area contributed by atoms with Crippen LogP contribution in [0.15, 0.2) is 18.5 Å². The Morgan fingerprint density at radius 3 is 2.33 bits per heavy atom. The largest absolute Gasteiger partial charge is 0.384 e. The Kier molecular flexibility index (Phi) is 5.87. The third-order valence-corrected chi connectivity index (χ3v) is 3.69. The van der Waals surface area contributed by atoms with E-state index >= 15 is 0 Å². The molecule has 0 fully saturated rings. The van der Waals surface area contributed by atoms with Gasteiger partial charge in [0.2, 0.25) is 10.0 Å². The van der Waals surface area contributed by atoms with Crippen molar-refractivity contribution >= 4 is 21.4 Å². The predicted molar refractivity (Wildman–Crippen MR) is 74.4 cm³/mol. The van der Waals surface area contributed by atoms with Crippen LogP contribution in [0.4, 0.5) is 11.4 Å². The van der Waals surface area contributed by atoms with Gasteiger partial charge in [0.05, 0.1) is 29.5 Å². The van der Waals surface area contributed by atoms with Crippen molar-refractivity contribution in [3.63, 3.8) is 0 Å². The van der Waals surface area contributed by atoms with Crippen molar-refractivity contribution in [3.05, 3.63) is 18.5 Å². The van der Waals surface area contributed by atoms with Crippen LogP contribution in [0.3, 0.4) is 0 Å². The van der Waals surface area contributed by atoms with Crippen LogP contribution in [0, 0.1) is 0 Å². The van der Waals surface area contributed by atoms with Gasteiger partial charge in [-0.25, -0.2) is 13.1 Å². The minimum Gasteiger partial charge on any atom is -0.384 e. The van der Waals surface area contributed by atoms with E-state index in [-0.39, 0.29) is 5.75 Å². The highest BCUT2D eigenvalue weighted by atomic mass is 32.2. The van der Waals surface area contributed by atoms with Gasteiger partial charge in [-0.2, -0.15) is 0 Å². The van der Waals surface area contributed by atoms with Gasteiger partial charge >= 0.3 is 0 Å². The van der Waals surface area contributed by atoms with Gasteiger partial charge in [0.15, 0.2) is 0 Å². The van der Waals surface area contributed by atoms with E-state index in [9.17, 15) is 8.42 Å². The van der Waals surface area contributed by atoms with Crippen molar-refractivity contribution in [2.75, 3.05) is 36.5 Å². The molecule has 0 unspecified atom stereocenters. The third kappa shape index (κ3) is 5.33. The molecule has 102 valence electrons. The monoisotopic (exact) mass is 272 g/mol. The van der Waals surface area contributed by atoms with Crippen LogP contribution in [0.2, 0.25) is 0 Å². The van der Waals surface area contributed by atoms with Crippen LogP contribution in [0.1, 0.15) is 13.3 Å². The first-order valence-electron chi connectivity index (χ1n) is 5.91. The van der Waals surface area contributed by atoms with Crippen LogP contribution >= 0.6 is 0 Å². The van der Waals surface area contributed by atoms with Gasteiger partial charge in [-0.05, 0) is 19.5 Å². The minimum atomic E-state index is -3.16. The molecule has 3 N–H and O–H groups in total. The van der Waals surface area contributed by atoms with Gasteiger partial charge in [0.1, 0.15) is 0 Å². The Balaban J connectivity index is 2.47. The highest BCUT2D eigenvalue weighted by molar-refractivity contribution is 7.89. The molecule has 18 heavy (non-hydrogen) atoms. The number of rotatable bonds is 8. The summed E-state index contributed by atoms with van der Waals surface area (Å²) in [5, 5.41) is 6.25. The number of sulfonamides is 1. The van der Waals surface area contributed by atoms with E-state index in [1.165, 1.54) is 7.05 Å². The quantitative estimate of drug-likeness (QED) is 0.654. The highest BCUT2D eigenvalue weighted by Gasteiger charge is 2.05. The first-order valence-corrected chi connectivity index (χ1v) is 7.56. The summed E-state index contributed by atoms with van der Waals surface area (Å²) in [5.74, 6) is 0.0378. The molecular weight excluding hydrogens is 252 g/mol. The van der Waals surface area contributed by atoms with Gasteiger partial charge in [-0.1, -0.05) is 6.92 Å². The maximum absolute atomic E-state index is 11.2. The second-order valence-electron chi connectivity index (χ2n) is 3.84. The van der Waals surface area contributed by atoms with Crippen molar-refractivity contribution in [3.8, 4) is 0 Å². The van der Waals surface area contributed by atoms with Gasteiger partial charge in [-0.15, -0.1) is 0 Å². The zero-order valence-corrected chi connectivity index (χ0v) is 11.5. The second-order valence-corrected chi connectivity index (χ2v) is 5.88. The molecule has 0 aliphatic rings. The summed E-state index contributed by atoms with van der Waals surface area (Å²) < 4.78 is 24.7. The van der Waals surface area contributed by atoms with Crippen molar-refractivity contribution < 1.29 is 8.42 Å². The zero-order chi connectivity index (χ0) is 13.4. The van der Waals surface area contributed by atoms with Crippen LogP contribution in [-0.4, -0.2) is 39.3 Å². The number of nitrogens with one attached hydrogen (secondary N) is 3. The molecule has 0 atom stereocenters. The number of anilines is 2. The lowest BCUT2D eigenvalue weighted by molar-refractivity contribution is 0.588. The molecule has 1 aromatic heterocycles. The molecule has 1 heterocycles. The van der Waals surface area contributed by atoms with Crippen molar-refractivity contribution in [1.29, 1.82) is 0 Å². The molecule has 1 rings (SSSR count). The zero-order valence-electron chi connectivity index (χ0n) is 10.7. The lowest BCUT2D eigenvalue weighted by Gasteiger charge is -2.09. The van der Waals surface area contributed by atoms with Gasteiger partial charge < -0.3 is 10.6 Å². The molecule has 0 aromatic carbocycles. The maximum atomic E-state index is 11.2. The number of pyridine rings is 1. The first-order chi connectivity index (χ1) is 8.57. The average molecular weight is 272 g/mol. The fraction of sp³-hybridized carbons (Fsp3) is 0.545. The normalized spacial score (nSPS) is 11.2. The molecule has 0 saturated heterocycles. The molecule has 0 amide bonds. The third-order valence-electron chi connectivity index (χ3n) is 2.33. The summed E-state index contributed by atoms with van der Waals surface area (Å²) in [6.07, 6.45) is 4.45. The molecular formula is C11H20N4O2S. The summed E-state index contributed by atoms with van der Waals surface area (Å²) in [6, 6.07) is 1.91. The number of hydrogen-bond donors (Lipinski definition) is 3. The summed E-state index contributed by atoms with van der Waals surface area (Å²) in [5.41, 5.74) is 1.74. The molecule has 0 aliphatic carbocycles. The fourth-order valence-corrected chi connectivity index (χ4v) is 1.91. The molecule has 0 bridgehead atoms. The standard InChI is InChI=1S/C11H20N4O2S/c1-3-4-14-10-7-11(9-13-8-10)15-5-6-18(16,17)12-2/h7-9,12,14-15H,3-6H2,1-2H3. The van der Waals surface area contributed by atoms with Gasteiger partial charge in [0.25, 0.3) is 0 Å². The van der Waals surface area contributed by atoms with Gasteiger partial charge in [0, 0.05) is 13.1 Å². The molecule has 0 aliphatic heterocycles. The van der Waals surface area contributed by atoms with Crippen molar-refractivity contribution in [2.45, 2.75) is 13.3 Å². The van der Waals surface area contributed by atoms with E-state index in [1.807, 2.05) is 6.07 Å². The topological polar surface area (TPSA) is 83.1 Å². The lowest BCUT2D eigenvalue weighted by atomic mass is 10.3. The highest BCUT2D eigenvalue weighted by Crippen LogP contribution is 2.12. The van der Waals surface area contributed by atoms with E-state index in [0.717, 1.165) is 24.3 Å². The first kappa shape index (κ1) is 14.7. The Bertz CT molecular complexity index is 462. The van der Waals surface area contributed by atoms with Gasteiger partial charge in [-0.3, -0.25) is 4.98 Å². The summed E-state index contributed by atoms with van der Waals surface area (Å²) in [4.78, 5) is 4.08. The predicted octanol–water partition coefficient (Wildman–Crippen LogP) is 0.865. The van der Waals surface area contributed by atoms with E-state index in [1.54, 1.807) is 12.4 Å². The van der Waals surface area contributed by atoms with Crippen molar-refractivity contribution in [1.82, 2.24) is 9.71 Å². The number of nitrogens with zero attached hydrogens (tertiary/aromatic N) is 1. The van der Waals surface area contributed by atoms with Crippen LogP contribution < -0.4 is 15.4 Å². The average Bonchev–Trinajstić information content (AvgIpc) is 2.37. The Hall–Kier alpha value is -1.34. The molecule has 0 saturated carbocycles. The lowest BCUT2D eigenvalue weighted by Crippen LogP contribution is -2.26. The van der Waals surface area contributed by atoms with Crippen molar-refractivity contribution in [2.24, 2.45) is 0 Å². The number of aromatic nitrogens is 1. The minimum absolute atomic E-state index is 0.0378. The van der Waals surface area contributed by atoms with E-state index < -0.39 is 10.0 Å².